The van der Waals surface area contributed by atoms with Gasteiger partial charge in [-0.2, -0.15) is 0 Å². The largest absolute Gasteiger partial charge is 0.380 e. The van der Waals surface area contributed by atoms with Crippen LogP contribution >= 0.6 is 0 Å². The van der Waals surface area contributed by atoms with Crippen molar-refractivity contribution >= 4 is 0 Å². The zero-order chi connectivity index (χ0) is 7.73. The van der Waals surface area contributed by atoms with Gasteiger partial charge in [-0.05, 0) is 18.8 Å². The van der Waals surface area contributed by atoms with E-state index in [1.807, 2.05) is 0 Å². The average Bonchev–Trinajstić information content (AvgIpc) is 2.02. The van der Waals surface area contributed by atoms with Crippen LogP contribution in [0.3, 0.4) is 0 Å². The first-order valence-electron chi connectivity index (χ1n) is 4.92. The molecule has 1 atom stereocenters. The second kappa shape index (κ2) is 2.78. The van der Waals surface area contributed by atoms with Gasteiger partial charge in [0.15, 0.2) is 0 Å². The SMILES string of the molecule is CCC1CCCC2(COC2)C1. The lowest BCUT2D eigenvalue weighted by atomic mass is 9.68. The van der Waals surface area contributed by atoms with Crippen LogP contribution in [0.2, 0.25) is 0 Å². The third kappa shape index (κ3) is 1.31. The van der Waals surface area contributed by atoms with Crippen molar-refractivity contribution in [3.05, 3.63) is 0 Å². The van der Waals surface area contributed by atoms with Crippen molar-refractivity contribution < 1.29 is 4.74 Å². The summed E-state index contributed by atoms with van der Waals surface area (Å²) in [5.41, 5.74) is 0.652. The summed E-state index contributed by atoms with van der Waals surface area (Å²) in [6.07, 6.45) is 7.18. The van der Waals surface area contributed by atoms with Gasteiger partial charge in [0.1, 0.15) is 0 Å². The highest BCUT2D eigenvalue weighted by molar-refractivity contribution is 4.90. The van der Waals surface area contributed by atoms with Crippen LogP contribution in [-0.4, -0.2) is 13.2 Å². The molecular formula is C10H18O. The van der Waals surface area contributed by atoms with Crippen molar-refractivity contribution in [3.63, 3.8) is 0 Å². The Kier molecular flexibility index (Phi) is 1.92. The standard InChI is InChI=1S/C10H18O/c1-2-9-4-3-5-10(6-9)7-11-8-10/h9H,2-8H2,1H3. The number of hydrogen-bond donors (Lipinski definition) is 0. The van der Waals surface area contributed by atoms with Crippen LogP contribution in [0.15, 0.2) is 0 Å². The molecule has 0 aromatic rings. The fourth-order valence-electron chi connectivity index (χ4n) is 2.58. The zero-order valence-electron chi connectivity index (χ0n) is 7.44. The van der Waals surface area contributed by atoms with Crippen LogP contribution in [0, 0.1) is 11.3 Å². The molecule has 0 aromatic carbocycles. The maximum Gasteiger partial charge on any atom is 0.0544 e. The van der Waals surface area contributed by atoms with Gasteiger partial charge in [-0.25, -0.2) is 0 Å². The molecule has 1 spiro atoms. The molecular weight excluding hydrogens is 136 g/mol. The smallest absolute Gasteiger partial charge is 0.0544 e. The van der Waals surface area contributed by atoms with Crippen molar-refractivity contribution in [1.29, 1.82) is 0 Å². The summed E-state index contributed by atoms with van der Waals surface area (Å²) in [5.74, 6) is 1.01. The summed E-state index contributed by atoms with van der Waals surface area (Å²) in [7, 11) is 0. The molecule has 0 radical (unpaired) electrons. The number of ether oxygens (including phenoxy) is 1. The fourth-order valence-corrected chi connectivity index (χ4v) is 2.58. The molecule has 1 saturated carbocycles. The van der Waals surface area contributed by atoms with E-state index in [4.69, 9.17) is 4.74 Å². The Morgan fingerprint density at radius 3 is 2.82 bits per heavy atom. The Labute approximate surface area is 69.1 Å². The molecule has 1 aliphatic heterocycles. The van der Waals surface area contributed by atoms with Crippen LogP contribution in [0.25, 0.3) is 0 Å². The van der Waals surface area contributed by atoms with Crippen molar-refractivity contribution in [1.82, 2.24) is 0 Å². The first-order valence-corrected chi connectivity index (χ1v) is 4.92. The average molecular weight is 154 g/mol. The van der Waals surface area contributed by atoms with Crippen molar-refractivity contribution in [2.45, 2.75) is 39.0 Å². The van der Waals surface area contributed by atoms with Crippen LogP contribution in [0.4, 0.5) is 0 Å². The quantitative estimate of drug-likeness (QED) is 0.564. The van der Waals surface area contributed by atoms with Gasteiger partial charge in [0.25, 0.3) is 0 Å². The predicted octanol–water partition coefficient (Wildman–Crippen LogP) is 2.60. The summed E-state index contributed by atoms with van der Waals surface area (Å²) in [5, 5.41) is 0. The number of hydrogen-bond acceptors (Lipinski definition) is 1. The Balaban J connectivity index is 1.92. The third-order valence-corrected chi connectivity index (χ3v) is 3.44. The van der Waals surface area contributed by atoms with E-state index in [1.165, 1.54) is 32.1 Å². The Morgan fingerprint density at radius 2 is 2.27 bits per heavy atom. The second-order valence-corrected chi connectivity index (χ2v) is 4.36. The van der Waals surface area contributed by atoms with Crippen LogP contribution in [-0.2, 0) is 4.74 Å². The molecule has 0 aromatic heterocycles. The molecule has 1 heteroatoms. The second-order valence-electron chi connectivity index (χ2n) is 4.36. The van der Waals surface area contributed by atoms with Gasteiger partial charge in [0.05, 0.1) is 13.2 Å². The summed E-state index contributed by atoms with van der Waals surface area (Å²) in [6, 6.07) is 0. The molecule has 2 rings (SSSR count). The highest BCUT2D eigenvalue weighted by Crippen LogP contribution is 2.45. The molecule has 2 fully saturated rings. The van der Waals surface area contributed by atoms with E-state index < -0.39 is 0 Å². The minimum atomic E-state index is 0.652. The minimum Gasteiger partial charge on any atom is -0.380 e. The van der Waals surface area contributed by atoms with Gasteiger partial charge in [-0.15, -0.1) is 0 Å². The Morgan fingerprint density at radius 1 is 1.45 bits per heavy atom. The molecule has 64 valence electrons. The van der Waals surface area contributed by atoms with Gasteiger partial charge in [0.2, 0.25) is 0 Å². The molecule has 1 aliphatic carbocycles. The zero-order valence-corrected chi connectivity index (χ0v) is 7.44. The third-order valence-electron chi connectivity index (χ3n) is 3.44. The number of rotatable bonds is 1. The minimum absolute atomic E-state index is 0.652. The van der Waals surface area contributed by atoms with E-state index in [-0.39, 0.29) is 0 Å². The molecule has 1 unspecified atom stereocenters. The maximum absolute atomic E-state index is 5.31. The summed E-state index contributed by atoms with van der Waals surface area (Å²) < 4.78 is 5.31. The monoisotopic (exact) mass is 154 g/mol. The van der Waals surface area contributed by atoms with Crippen molar-refractivity contribution in [2.24, 2.45) is 11.3 Å². The van der Waals surface area contributed by atoms with Gasteiger partial charge in [-0.1, -0.05) is 26.2 Å². The Hall–Kier alpha value is -0.0400. The summed E-state index contributed by atoms with van der Waals surface area (Å²) in [4.78, 5) is 0. The van der Waals surface area contributed by atoms with E-state index in [9.17, 15) is 0 Å². The molecule has 11 heavy (non-hydrogen) atoms. The van der Waals surface area contributed by atoms with Crippen molar-refractivity contribution in [2.75, 3.05) is 13.2 Å². The van der Waals surface area contributed by atoms with E-state index in [0.717, 1.165) is 19.1 Å². The van der Waals surface area contributed by atoms with Gasteiger partial charge in [-0.3, -0.25) is 0 Å². The fraction of sp³-hybridized carbons (Fsp3) is 1.00. The first kappa shape index (κ1) is 7.60. The molecule has 1 saturated heterocycles. The topological polar surface area (TPSA) is 9.23 Å². The molecule has 0 amide bonds. The van der Waals surface area contributed by atoms with Gasteiger partial charge >= 0.3 is 0 Å². The maximum atomic E-state index is 5.31. The van der Waals surface area contributed by atoms with Crippen LogP contribution < -0.4 is 0 Å². The van der Waals surface area contributed by atoms with E-state index in [0.29, 0.717) is 5.41 Å². The summed E-state index contributed by atoms with van der Waals surface area (Å²) in [6.45, 7) is 4.44. The van der Waals surface area contributed by atoms with E-state index in [2.05, 4.69) is 6.92 Å². The van der Waals surface area contributed by atoms with E-state index in [1.54, 1.807) is 0 Å². The van der Waals surface area contributed by atoms with E-state index >= 15 is 0 Å². The van der Waals surface area contributed by atoms with Crippen molar-refractivity contribution in [3.8, 4) is 0 Å². The lowest BCUT2D eigenvalue weighted by Gasteiger charge is -2.47. The lowest BCUT2D eigenvalue weighted by Crippen LogP contribution is -2.45. The molecule has 2 aliphatic rings. The first-order chi connectivity index (χ1) is 5.35. The molecule has 0 bridgehead atoms. The lowest BCUT2D eigenvalue weighted by molar-refractivity contribution is -0.140. The van der Waals surface area contributed by atoms with Crippen LogP contribution in [0.1, 0.15) is 39.0 Å². The summed E-state index contributed by atoms with van der Waals surface area (Å²) >= 11 is 0. The molecule has 0 N–H and O–H groups in total. The highest BCUT2D eigenvalue weighted by Gasteiger charge is 2.41. The predicted molar refractivity (Wildman–Crippen MR) is 45.5 cm³/mol. The highest BCUT2D eigenvalue weighted by atomic mass is 16.5. The Bertz CT molecular complexity index is 138. The normalized spacial score (nSPS) is 35.2. The van der Waals surface area contributed by atoms with Crippen LogP contribution in [0.5, 0.6) is 0 Å². The van der Waals surface area contributed by atoms with Gasteiger partial charge < -0.3 is 4.74 Å². The molecule has 1 heterocycles. The molecule has 1 nitrogen and oxygen atoms in total. The van der Waals surface area contributed by atoms with Gasteiger partial charge in [0, 0.05) is 5.41 Å².